The first kappa shape index (κ1) is 12.1. The van der Waals surface area contributed by atoms with E-state index in [1.54, 1.807) is 31.5 Å². The zero-order chi connectivity index (χ0) is 12.4. The Balaban J connectivity index is 2.63. The molecule has 6 heteroatoms. The lowest BCUT2D eigenvalue weighted by atomic mass is 10.2. The Hall–Kier alpha value is -1.33. The molecule has 2 rings (SSSR count). The van der Waals surface area contributed by atoms with Crippen LogP contribution in [0.3, 0.4) is 0 Å². The van der Waals surface area contributed by atoms with Gasteiger partial charge >= 0.3 is 0 Å². The van der Waals surface area contributed by atoms with Crippen molar-refractivity contribution in [2.24, 2.45) is 0 Å². The van der Waals surface area contributed by atoms with E-state index >= 15 is 0 Å². The molecule has 0 aliphatic carbocycles. The van der Waals surface area contributed by atoms with Gasteiger partial charge in [0.05, 0.1) is 22.2 Å². The fourth-order valence-corrected chi connectivity index (χ4v) is 1.83. The van der Waals surface area contributed by atoms with Crippen LogP contribution in [-0.2, 0) is 0 Å². The lowest BCUT2D eigenvalue weighted by Crippen LogP contribution is -1.98. The van der Waals surface area contributed by atoms with Crippen LogP contribution in [0.15, 0.2) is 28.9 Å². The van der Waals surface area contributed by atoms with Crippen LogP contribution in [0.25, 0.3) is 11.4 Å². The Kier molecular flexibility index (Phi) is 3.49. The molecule has 0 aliphatic rings. The molecule has 0 fully saturated rings. The molecular formula is C11H9BrClN3O. The van der Waals surface area contributed by atoms with Gasteiger partial charge in [0, 0.05) is 6.20 Å². The Morgan fingerprint density at radius 3 is 2.82 bits per heavy atom. The average molecular weight is 315 g/mol. The van der Waals surface area contributed by atoms with E-state index in [9.17, 15) is 0 Å². The molecular weight excluding hydrogens is 305 g/mol. The van der Waals surface area contributed by atoms with Crippen LogP contribution < -0.4 is 10.5 Å². The number of nitrogen functional groups attached to an aromatic ring is 1. The summed E-state index contributed by atoms with van der Waals surface area (Å²) in [5.41, 5.74) is 6.35. The van der Waals surface area contributed by atoms with Crippen LogP contribution in [0, 0.1) is 0 Å². The molecule has 1 heterocycles. The first-order valence-electron chi connectivity index (χ1n) is 4.74. The van der Waals surface area contributed by atoms with Crippen molar-refractivity contribution >= 4 is 33.3 Å². The summed E-state index contributed by atoms with van der Waals surface area (Å²) < 4.78 is 5.88. The number of aromatic nitrogens is 2. The summed E-state index contributed by atoms with van der Waals surface area (Å²) in [7, 11) is 1.57. The monoisotopic (exact) mass is 313 g/mol. The molecule has 0 bridgehead atoms. The molecule has 0 aliphatic heterocycles. The van der Waals surface area contributed by atoms with Gasteiger partial charge < -0.3 is 10.5 Å². The van der Waals surface area contributed by atoms with Crippen LogP contribution in [0.4, 0.5) is 5.82 Å². The zero-order valence-corrected chi connectivity index (χ0v) is 11.3. The van der Waals surface area contributed by atoms with Gasteiger partial charge in [-0.25, -0.2) is 9.97 Å². The molecule has 17 heavy (non-hydrogen) atoms. The molecule has 0 atom stereocenters. The highest BCUT2D eigenvalue weighted by Crippen LogP contribution is 2.35. The Morgan fingerprint density at radius 2 is 2.18 bits per heavy atom. The summed E-state index contributed by atoms with van der Waals surface area (Å²) in [6.45, 7) is 0. The molecule has 88 valence electrons. The summed E-state index contributed by atoms with van der Waals surface area (Å²) >= 11 is 9.36. The molecule has 2 N–H and O–H groups in total. The zero-order valence-electron chi connectivity index (χ0n) is 8.95. The molecule has 0 saturated heterocycles. The number of nitrogens with zero attached hydrogens (tertiary/aromatic N) is 2. The van der Waals surface area contributed by atoms with E-state index in [2.05, 4.69) is 25.9 Å². The van der Waals surface area contributed by atoms with Crippen molar-refractivity contribution in [1.82, 2.24) is 9.97 Å². The molecule has 2 aromatic rings. The minimum atomic E-state index is 0.358. The van der Waals surface area contributed by atoms with Crippen molar-refractivity contribution in [2.45, 2.75) is 0 Å². The molecule has 4 nitrogen and oxygen atoms in total. The molecule has 0 radical (unpaired) electrons. The van der Waals surface area contributed by atoms with Crippen molar-refractivity contribution in [3.8, 4) is 17.1 Å². The predicted octanol–water partition coefficient (Wildman–Crippen LogP) is 3.15. The maximum Gasteiger partial charge on any atom is 0.166 e. The molecule has 1 aromatic carbocycles. The van der Waals surface area contributed by atoms with Gasteiger partial charge in [-0.15, -0.1) is 0 Å². The number of nitrogens with two attached hydrogens (primary N) is 1. The second-order valence-corrected chi connectivity index (χ2v) is 4.51. The first-order valence-corrected chi connectivity index (χ1v) is 5.91. The Morgan fingerprint density at radius 1 is 1.41 bits per heavy atom. The Bertz CT molecular complexity index is 562. The first-order chi connectivity index (χ1) is 8.13. The average Bonchev–Trinajstić information content (AvgIpc) is 2.32. The van der Waals surface area contributed by atoms with Gasteiger partial charge in [-0.3, -0.25) is 0 Å². The van der Waals surface area contributed by atoms with Crippen LogP contribution in [0.5, 0.6) is 5.75 Å². The van der Waals surface area contributed by atoms with E-state index in [4.69, 9.17) is 22.1 Å². The van der Waals surface area contributed by atoms with Crippen LogP contribution in [0.1, 0.15) is 0 Å². The predicted molar refractivity (Wildman–Crippen MR) is 71.1 cm³/mol. The number of methoxy groups -OCH3 is 1. The quantitative estimate of drug-likeness (QED) is 0.925. The minimum Gasteiger partial charge on any atom is -0.496 e. The second kappa shape index (κ2) is 4.89. The molecule has 0 unspecified atom stereocenters. The lowest BCUT2D eigenvalue weighted by Gasteiger charge is -2.09. The van der Waals surface area contributed by atoms with Crippen LogP contribution >= 0.6 is 27.5 Å². The molecule has 1 aromatic heterocycles. The van der Waals surface area contributed by atoms with E-state index in [0.717, 1.165) is 0 Å². The number of anilines is 1. The van der Waals surface area contributed by atoms with Crippen LogP contribution in [0.2, 0.25) is 5.02 Å². The van der Waals surface area contributed by atoms with E-state index in [1.807, 2.05) is 0 Å². The highest BCUT2D eigenvalue weighted by molar-refractivity contribution is 9.10. The molecule has 0 amide bonds. The number of rotatable bonds is 2. The van der Waals surface area contributed by atoms with Crippen LogP contribution in [-0.4, -0.2) is 17.1 Å². The molecule has 0 saturated carbocycles. The number of ether oxygens (including phenoxy) is 1. The third kappa shape index (κ3) is 2.35. The van der Waals surface area contributed by atoms with Gasteiger partial charge in [0.1, 0.15) is 11.6 Å². The summed E-state index contributed by atoms with van der Waals surface area (Å²) in [6, 6.07) is 5.34. The SMILES string of the molecule is COc1cccc(Cl)c1-c1ncc(Br)c(N)n1. The van der Waals surface area contributed by atoms with E-state index in [1.165, 1.54) is 0 Å². The van der Waals surface area contributed by atoms with Gasteiger partial charge in [-0.2, -0.15) is 0 Å². The normalized spacial score (nSPS) is 10.3. The Labute approximate surface area is 112 Å². The van der Waals surface area contributed by atoms with Crippen molar-refractivity contribution in [1.29, 1.82) is 0 Å². The summed E-state index contributed by atoms with van der Waals surface area (Å²) in [4.78, 5) is 8.34. The van der Waals surface area contributed by atoms with Crippen molar-refractivity contribution in [3.63, 3.8) is 0 Å². The van der Waals surface area contributed by atoms with Gasteiger partial charge in [-0.05, 0) is 28.1 Å². The number of hydrogen-bond acceptors (Lipinski definition) is 4. The summed E-state index contributed by atoms with van der Waals surface area (Å²) in [5.74, 6) is 1.41. The highest BCUT2D eigenvalue weighted by atomic mass is 79.9. The van der Waals surface area contributed by atoms with Gasteiger partial charge in [-0.1, -0.05) is 17.7 Å². The van der Waals surface area contributed by atoms with Crippen molar-refractivity contribution in [3.05, 3.63) is 33.9 Å². The van der Waals surface area contributed by atoms with Crippen molar-refractivity contribution < 1.29 is 4.74 Å². The third-order valence-corrected chi connectivity index (χ3v) is 3.12. The van der Waals surface area contributed by atoms with Gasteiger partial charge in [0.15, 0.2) is 5.82 Å². The van der Waals surface area contributed by atoms with E-state index < -0.39 is 0 Å². The highest BCUT2D eigenvalue weighted by Gasteiger charge is 2.13. The number of benzene rings is 1. The largest absolute Gasteiger partial charge is 0.496 e. The fourth-order valence-electron chi connectivity index (χ4n) is 1.39. The summed E-state index contributed by atoms with van der Waals surface area (Å²) in [5, 5.41) is 0.520. The second-order valence-electron chi connectivity index (χ2n) is 3.24. The van der Waals surface area contributed by atoms with Crippen molar-refractivity contribution in [2.75, 3.05) is 12.8 Å². The fraction of sp³-hybridized carbons (Fsp3) is 0.0909. The van der Waals surface area contributed by atoms with E-state index in [-0.39, 0.29) is 0 Å². The molecule has 0 spiro atoms. The standard InChI is InChI=1S/C11H9BrClN3O/c1-17-8-4-2-3-7(13)9(8)11-15-5-6(12)10(14)16-11/h2-5H,1H3,(H2,14,15,16). The van der Waals surface area contributed by atoms with E-state index in [0.29, 0.717) is 32.5 Å². The topological polar surface area (TPSA) is 61.0 Å². The van der Waals surface area contributed by atoms with Gasteiger partial charge in [0.25, 0.3) is 0 Å². The third-order valence-electron chi connectivity index (χ3n) is 2.19. The maximum absolute atomic E-state index is 6.12. The maximum atomic E-state index is 6.12. The number of halogens is 2. The number of hydrogen-bond donors (Lipinski definition) is 1. The summed E-state index contributed by atoms with van der Waals surface area (Å²) in [6.07, 6.45) is 1.58. The minimum absolute atomic E-state index is 0.358. The van der Waals surface area contributed by atoms with Gasteiger partial charge in [0.2, 0.25) is 0 Å². The smallest absolute Gasteiger partial charge is 0.166 e. The lowest BCUT2D eigenvalue weighted by molar-refractivity contribution is 0.416.